The van der Waals surface area contributed by atoms with E-state index in [2.05, 4.69) is 0 Å². The van der Waals surface area contributed by atoms with Crippen LogP contribution in [0.15, 0.2) is 83.0 Å². The minimum atomic E-state index is -0.632. The Balaban J connectivity index is 1.37. The first-order chi connectivity index (χ1) is 15.1. The quantitative estimate of drug-likeness (QED) is 0.258. The lowest BCUT2D eigenvalue weighted by molar-refractivity contribution is 0.0703. The molecule has 1 aliphatic heterocycles. The van der Waals surface area contributed by atoms with Gasteiger partial charge >= 0.3 is 5.97 Å². The summed E-state index contributed by atoms with van der Waals surface area (Å²) in [4.78, 5) is 25.1. The maximum Gasteiger partial charge on any atom is 0.379 e. The van der Waals surface area contributed by atoms with Crippen molar-refractivity contribution in [3.05, 3.63) is 95.4 Å². The van der Waals surface area contributed by atoms with Gasteiger partial charge in [0.05, 0.1) is 12.7 Å². The number of ketones is 1. The van der Waals surface area contributed by atoms with E-state index >= 15 is 0 Å². The monoisotopic (exact) mass is 412 g/mol. The molecule has 6 heteroatoms. The third-order valence-corrected chi connectivity index (χ3v) is 4.87. The second-order valence-corrected chi connectivity index (χ2v) is 6.91. The fourth-order valence-electron chi connectivity index (χ4n) is 3.35. The highest BCUT2D eigenvalue weighted by Crippen LogP contribution is 2.35. The van der Waals surface area contributed by atoms with Gasteiger partial charge in [0.2, 0.25) is 11.5 Å². The van der Waals surface area contributed by atoms with Crippen LogP contribution in [0.3, 0.4) is 0 Å². The number of ether oxygens (including phenoxy) is 3. The van der Waals surface area contributed by atoms with Crippen LogP contribution in [-0.2, 0) is 0 Å². The summed E-state index contributed by atoms with van der Waals surface area (Å²) in [5, 5.41) is 0.810. The lowest BCUT2D eigenvalue weighted by Crippen LogP contribution is -2.07. The van der Waals surface area contributed by atoms with Crippen molar-refractivity contribution in [2.45, 2.75) is 0 Å². The Hall–Kier alpha value is -4.32. The lowest BCUT2D eigenvalue weighted by Gasteiger charge is -2.04. The molecule has 0 amide bonds. The van der Waals surface area contributed by atoms with E-state index in [1.165, 1.54) is 6.07 Å². The fourth-order valence-corrected chi connectivity index (χ4v) is 3.35. The Morgan fingerprint density at radius 1 is 0.935 bits per heavy atom. The normalized spacial score (nSPS) is 13.8. The minimum absolute atomic E-state index is 0.0947. The van der Waals surface area contributed by atoms with Gasteiger partial charge in [-0.15, -0.1) is 0 Å². The molecule has 0 saturated heterocycles. The van der Waals surface area contributed by atoms with Crippen LogP contribution in [0.25, 0.3) is 17.0 Å². The summed E-state index contributed by atoms with van der Waals surface area (Å²) in [6.45, 7) is 0. The molecule has 3 aromatic carbocycles. The number of allylic oxidation sites excluding steroid dienone is 1. The van der Waals surface area contributed by atoms with Crippen molar-refractivity contribution in [2.24, 2.45) is 0 Å². The van der Waals surface area contributed by atoms with Gasteiger partial charge in [-0.2, -0.15) is 0 Å². The van der Waals surface area contributed by atoms with Crippen molar-refractivity contribution in [3.8, 4) is 17.2 Å². The summed E-state index contributed by atoms with van der Waals surface area (Å²) >= 11 is 0. The van der Waals surface area contributed by atoms with Crippen molar-refractivity contribution in [1.29, 1.82) is 0 Å². The molecule has 4 aromatic rings. The number of benzene rings is 3. The molecule has 6 nitrogen and oxygen atoms in total. The highest BCUT2D eigenvalue weighted by atomic mass is 16.5. The van der Waals surface area contributed by atoms with E-state index < -0.39 is 5.97 Å². The molecule has 5 rings (SSSR count). The van der Waals surface area contributed by atoms with Crippen LogP contribution in [0.1, 0.15) is 26.5 Å². The molecule has 0 atom stereocenters. The molecule has 1 aromatic heterocycles. The van der Waals surface area contributed by atoms with E-state index in [-0.39, 0.29) is 23.1 Å². The number of carbonyl (C=O) groups excluding carboxylic acids is 2. The molecule has 0 fully saturated rings. The Bertz CT molecular complexity index is 1330. The molecule has 0 unspecified atom stereocenters. The Kier molecular flexibility index (Phi) is 4.52. The van der Waals surface area contributed by atoms with Crippen LogP contribution in [0.4, 0.5) is 0 Å². The highest BCUT2D eigenvalue weighted by Gasteiger charge is 2.28. The standard InChI is InChI=1S/C25H16O6/c1-28-17-7-4-5-15(11-17)12-22-24(26)19-10-9-18(14-21(19)31-22)29-25(27)23-13-16-6-2-3-8-20(16)30-23/h2-14H,1H3/b22-12-. The molecule has 0 radical (unpaired) electrons. The van der Waals surface area contributed by atoms with Crippen molar-refractivity contribution in [1.82, 2.24) is 0 Å². The van der Waals surface area contributed by atoms with Gasteiger partial charge in [0.1, 0.15) is 22.8 Å². The third kappa shape index (κ3) is 3.55. The second kappa shape index (κ2) is 7.50. The van der Waals surface area contributed by atoms with Gasteiger partial charge in [-0.25, -0.2) is 4.79 Å². The summed E-state index contributed by atoms with van der Waals surface area (Å²) in [5.41, 5.74) is 1.77. The number of hydrogen-bond acceptors (Lipinski definition) is 6. The van der Waals surface area contributed by atoms with E-state index in [0.29, 0.717) is 22.6 Å². The molecule has 0 spiro atoms. The topological polar surface area (TPSA) is 75.0 Å². The molecule has 0 bridgehead atoms. The van der Waals surface area contributed by atoms with Gasteiger partial charge in [0, 0.05) is 11.5 Å². The van der Waals surface area contributed by atoms with Gasteiger partial charge in [0.25, 0.3) is 0 Å². The van der Waals surface area contributed by atoms with Gasteiger partial charge in [0.15, 0.2) is 5.76 Å². The molecule has 152 valence electrons. The first-order valence-electron chi connectivity index (χ1n) is 9.54. The number of carbonyl (C=O) groups is 2. The highest BCUT2D eigenvalue weighted by molar-refractivity contribution is 6.14. The van der Waals surface area contributed by atoms with Crippen molar-refractivity contribution < 1.29 is 28.2 Å². The van der Waals surface area contributed by atoms with Gasteiger partial charge in [-0.1, -0.05) is 30.3 Å². The van der Waals surface area contributed by atoms with Crippen LogP contribution in [0, 0.1) is 0 Å². The molecule has 2 heterocycles. The number of Topliss-reactive ketones (excluding diaryl/α,β-unsaturated/α-hetero) is 1. The summed E-state index contributed by atoms with van der Waals surface area (Å²) in [6.07, 6.45) is 1.64. The zero-order valence-electron chi connectivity index (χ0n) is 16.5. The van der Waals surface area contributed by atoms with Crippen molar-refractivity contribution in [3.63, 3.8) is 0 Å². The van der Waals surface area contributed by atoms with E-state index in [0.717, 1.165) is 10.9 Å². The maximum atomic E-state index is 12.7. The largest absolute Gasteiger partial charge is 0.497 e. The van der Waals surface area contributed by atoms with Gasteiger partial charge < -0.3 is 18.6 Å². The fraction of sp³-hybridized carbons (Fsp3) is 0.0400. The van der Waals surface area contributed by atoms with Crippen LogP contribution >= 0.6 is 0 Å². The summed E-state index contributed by atoms with van der Waals surface area (Å²) < 4.78 is 21.9. The zero-order chi connectivity index (χ0) is 21.4. The Labute approximate surface area is 177 Å². The third-order valence-electron chi connectivity index (χ3n) is 4.87. The van der Waals surface area contributed by atoms with Crippen molar-refractivity contribution >= 4 is 28.8 Å². The molecular weight excluding hydrogens is 396 g/mol. The van der Waals surface area contributed by atoms with Crippen molar-refractivity contribution in [2.75, 3.05) is 7.11 Å². The van der Waals surface area contributed by atoms with E-state index in [1.54, 1.807) is 43.5 Å². The second-order valence-electron chi connectivity index (χ2n) is 6.91. The lowest BCUT2D eigenvalue weighted by atomic mass is 10.1. The van der Waals surface area contributed by atoms with Gasteiger partial charge in [-0.3, -0.25) is 4.79 Å². The summed E-state index contributed by atoms with van der Waals surface area (Å²) in [7, 11) is 1.58. The molecular formula is C25H16O6. The first kappa shape index (κ1) is 18.7. The molecule has 0 saturated carbocycles. The number of furan rings is 1. The summed E-state index contributed by atoms with van der Waals surface area (Å²) in [5.74, 6) is 0.660. The van der Waals surface area contributed by atoms with E-state index in [4.69, 9.17) is 18.6 Å². The minimum Gasteiger partial charge on any atom is -0.497 e. The summed E-state index contributed by atoms with van der Waals surface area (Å²) in [6, 6.07) is 20.9. The Morgan fingerprint density at radius 2 is 1.81 bits per heavy atom. The predicted octanol–water partition coefficient (Wildman–Crippen LogP) is 5.28. The van der Waals surface area contributed by atoms with Crippen LogP contribution in [0.5, 0.6) is 17.2 Å². The van der Waals surface area contributed by atoms with Crippen LogP contribution < -0.4 is 14.2 Å². The maximum absolute atomic E-state index is 12.7. The van der Waals surface area contributed by atoms with Crippen LogP contribution in [0.2, 0.25) is 0 Å². The predicted molar refractivity (Wildman–Crippen MR) is 114 cm³/mol. The first-order valence-corrected chi connectivity index (χ1v) is 9.54. The van der Waals surface area contributed by atoms with E-state index in [9.17, 15) is 9.59 Å². The number of para-hydroxylation sites is 1. The average molecular weight is 412 g/mol. The van der Waals surface area contributed by atoms with Gasteiger partial charge in [-0.05, 0) is 48.0 Å². The Morgan fingerprint density at radius 3 is 2.65 bits per heavy atom. The molecule has 31 heavy (non-hydrogen) atoms. The molecule has 1 aliphatic rings. The van der Waals surface area contributed by atoms with E-state index in [1.807, 2.05) is 36.4 Å². The average Bonchev–Trinajstić information content (AvgIpc) is 3.35. The number of rotatable bonds is 4. The zero-order valence-corrected chi connectivity index (χ0v) is 16.5. The molecule has 0 aliphatic carbocycles. The number of esters is 1. The SMILES string of the molecule is COc1cccc(/C=C2\Oc3cc(OC(=O)c4cc5ccccc5o4)ccc3C2=O)c1. The number of methoxy groups -OCH3 is 1. The number of hydrogen-bond donors (Lipinski definition) is 0. The van der Waals surface area contributed by atoms with Crippen LogP contribution in [-0.4, -0.2) is 18.9 Å². The molecule has 0 N–H and O–H groups in total. The number of fused-ring (bicyclic) bond motifs is 2. The smallest absolute Gasteiger partial charge is 0.379 e.